The summed E-state index contributed by atoms with van der Waals surface area (Å²) in [7, 11) is -1.30. The number of carbonyl (C=O) groups excluding carboxylic acids is 1. The van der Waals surface area contributed by atoms with Gasteiger partial charge in [-0.25, -0.2) is 0 Å². The number of hydrogen-bond donors (Lipinski definition) is 0. The van der Waals surface area contributed by atoms with Crippen molar-refractivity contribution in [2.75, 3.05) is 0 Å². The van der Waals surface area contributed by atoms with Gasteiger partial charge in [-0.1, -0.05) is 25.6 Å². The minimum Gasteiger partial charge on any atom is -0.302 e. The van der Waals surface area contributed by atoms with E-state index >= 15 is 0 Å². The van der Waals surface area contributed by atoms with Crippen LogP contribution in [-0.2, 0) is 4.79 Å². The van der Waals surface area contributed by atoms with Crippen LogP contribution in [0.4, 0.5) is 0 Å². The smallest absolute Gasteiger partial charge is 0.137 e. The fourth-order valence-corrected chi connectivity index (χ4v) is 1.08. The van der Waals surface area contributed by atoms with E-state index in [-0.39, 0.29) is 0 Å². The molecule has 0 heterocycles. The van der Waals surface area contributed by atoms with Crippen LogP contribution >= 0.6 is 0 Å². The predicted octanol–water partition coefficient (Wildman–Crippen LogP) is 2.09. The quantitative estimate of drug-likeness (QED) is 0.333. The predicted molar refractivity (Wildman–Crippen MR) is 51.0 cm³/mol. The van der Waals surface area contributed by atoms with Gasteiger partial charge >= 0.3 is 0 Å². The van der Waals surface area contributed by atoms with Gasteiger partial charge in [-0.3, -0.25) is 0 Å². The van der Waals surface area contributed by atoms with Crippen LogP contribution in [0, 0.1) is 16.9 Å². The molecule has 0 bridgehead atoms. The molecule has 62 valence electrons. The zero-order valence-corrected chi connectivity index (χ0v) is 8.99. The Balaban J connectivity index is 4.41. The molecule has 0 spiro atoms. The van der Waals surface area contributed by atoms with Crippen molar-refractivity contribution in [3.8, 4) is 11.5 Å². The van der Waals surface area contributed by atoms with Gasteiger partial charge in [-0.2, -0.15) is 0 Å². The summed E-state index contributed by atoms with van der Waals surface area (Å²) in [6.45, 7) is 10.2. The maximum atomic E-state index is 10.5. The Morgan fingerprint density at radius 2 is 1.73 bits per heavy atom. The lowest BCUT2D eigenvalue weighted by Gasteiger charge is -2.09. The molecule has 2 heteroatoms. The van der Waals surface area contributed by atoms with Crippen LogP contribution < -0.4 is 0 Å². The molecule has 0 aliphatic rings. The first-order valence-electron chi connectivity index (χ1n) is 3.77. The lowest BCUT2D eigenvalue weighted by molar-refractivity contribution is -0.112. The summed E-state index contributed by atoms with van der Waals surface area (Å²) in [5, 5.41) is 0. The topological polar surface area (TPSA) is 17.1 Å². The van der Waals surface area contributed by atoms with E-state index in [2.05, 4.69) is 31.1 Å². The van der Waals surface area contributed by atoms with Gasteiger partial charge in [0.2, 0.25) is 0 Å². The van der Waals surface area contributed by atoms with Crippen LogP contribution in [0.1, 0.15) is 13.8 Å². The highest BCUT2D eigenvalue weighted by molar-refractivity contribution is 6.83. The summed E-state index contributed by atoms with van der Waals surface area (Å²) >= 11 is 0. The molecular formula is C9H16OSi. The molecule has 0 aliphatic heterocycles. The third kappa shape index (κ3) is 5.87. The largest absolute Gasteiger partial charge is 0.302 e. The molecule has 0 amide bonds. The molecule has 0 aromatic heterocycles. The van der Waals surface area contributed by atoms with Crippen molar-refractivity contribution in [3.05, 3.63) is 0 Å². The lowest BCUT2D eigenvalue weighted by Crippen LogP contribution is -2.19. The average molecular weight is 168 g/mol. The summed E-state index contributed by atoms with van der Waals surface area (Å²) < 4.78 is 0. The van der Waals surface area contributed by atoms with Crippen LogP contribution in [-0.4, -0.2) is 14.4 Å². The maximum absolute atomic E-state index is 10.5. The van der Waals surface area contributed by atoms with Crippen LogP contribution in [0.15, 0.2) is 0 Å². The van der Waals surface area contributed by atoms with Gasteiger partial charge in [0.05, 0.1) is 5.41 Å². The van der Waals surface area contributed by atoms with Crippen LogP contribution in [0.2, 0.25) is 19.6 Å². The number of hydrogen-bond acceptors (Lipinski definition) is 1. The van der Waals surface area contributed by atoms with E-state index in [1.54, 1.807) is 0 Å². The van der Waals surface area contributed by atoms with Gasteiger partial charge in [-0.15, -0.1) is 5.54 Å². The second-order valence-electron chi connectivity index (χ2n) is 4.34. The molecule has 0 unspecified atom stereocenters. The van der Waals surface area contributed by atoms with Gasteiger partial charge < -0.3 is 4.79 Å². The first kappa shape index (κ1) is 10.4. The standard InChI is InChI=1S/C9H16OSi/c1-9(2,8-10)6-7-11(3,4)5/h8H,1-5H3. The van der Waals surface area contributed by atoms with E-state index in [1.165, 1.54) is 0 Å². The molecule has 11 heavy (non-hydrogen) atoms. The van der Waals surface area contributed by atoms with E-state index in [9.17, 15) is 4.79 Å². The highest BCUT2D eigenvalue weighted by atomic mass is 28.3. The SMILES string of the molecule is CC(C)(C#C[Si](C)(C)C)C=O. The van der Waals surface area contributed by atoms with E-state index in [1.807, 2.05) is 13.8 Å². The highest BCUT2D eigenvalue weighted by Gasteiger charge is 2.14. The van der Waals surface area contributed by atoms with Crippen molar-refractivity contribution in [2.45, 2.75) is 33.5 Å². The third-order valence-electron chi connectivity index (χ3n) is 1.05. The van der Waals surface area contributed by atoms with Gasteiger partial charge in [0.15, 0.2) is 0 Å². The van der Waals surface area contributed by atoms with Gasteiger partial charge in [0, 0.05) is 0 Å². The molecule has 0 radical (unpaired) electrons. The molecular weight excluding hydrogens is 152 g/mol. The molecule has 0 aromatic rings. The fraction of sp³-hybridized carbons (Fsp3) is 0.667. The molecule has 0 saturated carbocycles. The van der Waals surface area contributed by atoms with E-state index in [0.29, 0.717) is 0 Å². The molecule has 0 atom stereocenters. The monoisotopic (exact) mass is 168 g/mol. The number of carbonyl (C=O) groups is 1. The molecule has 0 aromatic carbocycles. The van der Waals surface area contributed by atoms with Crippen LogP contribution in [0.25, 0.3) is 0 Å². The van der Waals surface area contributed by atoms with Crippen molar-refractivity contribution < 1.29 is 4.79 Å². The Morgan fingerprint density at radius 3 is 2.00 bits per heavy atom. The van der Waals surface area contributed by atoms with Crippen molar-refractivity contribution in [1.29, 1.82) is 0 Å². The molecule has 0 aliphatic carbocycles. The summed E-state index contributed by atoms with van der Waals surface area (Å²) in [6.07, 6.45) is 0.903. The lowest BCUT2D eigenvalue weighted by atomic mass is 9.98. The second-order valence-corrected chi connectivity index (χ2v) is 9.09. The first-order valence-corrected chi connectivity index (χ1v) is 7.27. The van der Waals surface area contributed by atoms with Crippen molar-refractivity contribution >= 4 is 14.4 Å². The minimum atomic E-state index is -1.30. The Morgan fingerprint density at radius 1 is 1.27 bits per heavy atom. The summed E-state index contributed by atoms with van der Waals surface area (Å²) in [4.78, 5) is 10.5. The first-order chi connectivity index (χ1) is 4.77. The average Bonchev–Trinajstić information content (AvgIpc) is 1.83. The van der Waals surface area contributed by atoms with Crippen LogP contribution in [0.3, 0.4) is 0 Å². The Bertz CT molecular complexity index is 200. The van der Waals surface area contributed by atoms with Crippen molar-refractivity contribution in [1.82, 2.24) is 0 Å². The number of rotatable bonds is 1. The molecule has 0 rings (SSSR count). The fourth-order valence-electron chi connectivity index (χ4n) is 0.378. The highest BCUT2D eigenvalue weighted by Crippen LogP contribution is 2.09. The van der Waals surface area contributed by atoms with Crippen LogP contribution in [0.5, 0.6) is 0 Å². The summed E-state index contributed by atoms with van der Waals surface area (Å²) in [5.74, 6) is 2.99. The van der Waals surface area contributed by atoms with E-state index in [4.69, 9.17) is 0 Å². The summed E-state index contributed by atoms with van der Waals surface area (Å²) in [6, 6.07) is 0. The van der Waals surface area contributed by atoms with Gasteiger partial charge in [0.25, 0.3) is 0 Å². The maximum Gasteiger partial charge on any atom is 0.137 e. The Labute approximate surface area is 70.2 Å². The zero-order valence-electron chi connectivity index (χ0n) is 7.99. The summed E-state index contributed by atoms with van der Waals surface area (Å²) in [5.41, 5.74) is 2.71. The van der Waals surface area contributed by atoms with E-state index in [0.717, 1.165) is 6.29 Å². The third-order valence-corrected chi connectivity index (χ3v) is 1.93. The molecule has 0 saturated heterocycles. The van der Waals surface area contributed by atoms with Crippen molar-refractivity contribution in [3.63, 3.8) is 0 Å². The molecule has 0 fully saturated rings. The Hall–Kier alpha value is -0.553. The van der Waals surface area contributed by atoms with Gasteiger partial charge in [0.1, 0.15) is 14.4 Å². The van der Waals surface area contributed by atoms with E-state index < -0.39 is 13.5 Å². The second kappa shape index (κ2) is 3.23. The normalized spacial score (nSPS) is 11.7. The molecule has 1 nitrogen and oxygen atoms in total. The number of aldehydes is 1. The van der Waals surface area contributed by atoms with Crippen molar-refractivity contribution in [2.24, 2.45) is 5.41 Å². The zero-order chi connectivity index (χ0) is 9.12. The Kier molecular flexibility index (Phi) is 3.07. The molecule has 0 N–H and O–H groups in total. The minimum absolute atomic E-state index is 0.458. The van der Waals surface area contributed by atoms with Gasteiger partial charge in [-0.05, 0) is 13.8 Å².